The molecule has 8 unspecified atom stereocenters. The van der Waals surface area contributed by atoms with Gasteiger partial charge < -0.3 is 14.2 Å². The summed E-state index contributed by atoms with van der Waals surface area (Å²) in [6.45, 7) is -0.315. The average molecular weight is 1010 g/mol. The summed E-state index contributed by atoms with van der Waals surface area (Å²) < 4.78 is 21.7. The predicted octanol–water partition coefficient (Wildman–Crippen LogP) is 12.1. The van der Waals surface area contributed by atoms with Crippen molar-refractivity contribution < 1.29 is 43.0 Å². The molecule has 70 heavy (non-hydrogen) atoms. The van der Waals surface area contributed by atoms with Crippen LogP contribution in [0.3, 0.4) is 0 Å². The Balaban J connectivity index is 0.915. The second-order valence-corrected chi connectivity index (χ2v) is 24.6. The van der Waals surface area contributed by atoms with E-state index in [1.165, 1.54) is 58.2 Å². The van der Waals surface area contributed by atoms with Gasteiger partial charge in [0.05, 0.1) is 29.4 Å². The highest BCUT2D eigenvalue weighted by atomic mass is 32.1. The third kappa shape index (κ3) is 7.18. The smallest absolute Gasteiger partial charge is 0.367 e. The van der Waals surface area contributed by atoms with Crippen molar-refractivity contribution in [3.63, 3.8) is 0 Å². The number of rotatable bonds is 8. The summed E-state index contributed by atoms with van der Waals surface area (Å²) in [5.74, 6) is -1.82. The van der Waals surface area contributed by atoms with Crippen molar-refractivity contribution in [3.8, 4) is 15.5 Å². The maximum atomic E-state index is 15.2. The molecule has 0 saturated heterocycles. The van der Waals surface area contributed by atoms with E-state index < -0.39 is 17.5 Å². The number of carbonyl (C=O) groups excluding carboxylic acids is 6. The number of Topliss-reactive ketones (excluding diaryl/α,β-unsaturated/α-hetero) is 4. The number of benzene rings is 2. The van der Waals surface area contributed by atoms with Crippen LogP contribution in [-0.4, -0.2) is 46.5 Å². The quantitative estimate of drug-likeness (QED) is 0.107. The largest absolute Gasteiger partial charge is 0.457 e. The molecule has 6 aromatic rings. The van der Waals surface area contributed by atoms with Crippen LogP contribution in [0.5, 0.6) is 5.75 Å². The van der Waals surface area contributed by atoms with Gasteiger partial charge in [-0.1, -0.05) is 112 Å². The van der Waals surface area contributed by atoms with Gasteiger partial charge in [0, 0.05) is 28.4 Å². The third-order valence-electron chi connectivity index (χ3n) is 16.5. The van der Waals surface area contributed by atoms with Gasteiger partial charge in [-0.3, -0.25) is 19.2 Å². The van der Waals surface area contributed by atoms with E-state index in [0.29, 0.717) is 68.7 Å². The Hall–Kier alpha value is -5.48. The Kier molecular flexibility index (Phi) is 11.0. The molecule has 6 saturated carbocycles. The lowest BCUT2D eigenvalue weighted by Gasteiger charge is -2.39. The lowest BCUT2D eigenvalue weighted by Crippen LogP contribution is -2.52. The van der Waals surface area contributed by atoms with Crippen molar-refractivity contribution in [1.82, 2.24) is 0 Å². The molecular weight excluding hydrogens is 961 g/mol. The van der Waals surface area contributed by atoms with Crippen molar-refractivity contribution in [2.24, 2.45) is 57.3 Å². The van der Waals surface area contributed by atoms with Crippen LogP contribution in [0.4, 0.5) is 10.0 Å². The molecule has 1 aliphatic heterocycles. The summed E-state index contributed by atoms with van der Waals surface area (Å²) >= 11 is 5.21. The third-order valence-corrected chi connectivity index (χ3v) is 21.3. The molecule has 5 heterocycles. The van der Waals surface area contributed by atoms with Crippen LogP contribution >= 0.6 is 45.3 Å². The number of thiophene rings is 4. The normalized spacial score (nSPS) is 27.5. The second kappa shape index (κ2) is 17.4. The SMILES string of the molecule is O=C1C(=Nc2cc3sc4c(c3s2)OC(C(=O)OCc2ccccc2)(C(=O)OCc2ccccc2)c2c-4sc3cc(N=C4C(=O)C5CC6CCCCC6CC5C4=O)sc23)C(=O)C2CC3CCCCC3CC12. The van der Waals surface area contributed by atoms with E-state index in [1.54, 1.807) is 0 Å². The lowest BCUT2D eigenvalue weighted by molar-refractivity contribution is -0.183. The molecule has 6 aliphatic carbocycles. The first-order valence-corrected chi connectivity index (χ1v) is 28.0. The molecule has 6 fully saturated rings. The lowest BCUT2D eigenvalue weighted by atomic mass is 9.64. The van der Waals surface area contributed by atoms with Gasteiger partial charge in [-0.05, 0) is 72.6 Å². The predicted molar refractivity (Wildman–Crippen MR) is 271 cm³/mol. The van der Waals surface area contributed by atoms with Gasteiger partial charge in [-0.15, -0.1) is 45.3 Å². The number of ketones is 4. The van der Waals surface area contributed by atoms with Gasteiger partial charge in [-0.25, -0.2) is 19.6 Å². The Labute approximate surface area is 419 Å². The number of nitrogens with zero attached hydrogens (tertiary/aromatic N) is 2. The van der Waals surface area contributed by atoms with Crippen LogP contribution in [0.25, 0.3) is 28.6 Å². The molecular formula is C55H48N2O9S4. The first-order chi connectivity index (χ1) is 34.1. The molecule has 13 rings (SSSR count). The minimum atomic E-state index is -2.47. The van der Waals surface area contributed by atoms with E-state index in [4.69, 9.17) is 24.2 Å². The number of fused-ring (bicyclic) bond motifs is 11. The van der Waals surface area contributed by atoms with Crippen LogP contribution in [0, 0.1) is 47.3 Å². The Morgan fingerprint density at radius 2 is 0.943 bits per heavy atom. The number of esters is 2. The molecule has 356 valence electrons. The van der Waals surface area contributed by atoms with Crippen LogP contribution in [-0.2, 0) is 57.1 Å². The summed E-state index contributed by atoms with van der Waals surface area (Å²) in [7, 11) is 0. The van der Waals surface area contributed by atoms with Crippen LogP contribution in [0.15, 0.2) is 82.8 Å². The van der Waals surface area contributed by atoms with Crippen molar-refractivity contribution in [3.05, 3.63) is 89.5 Å². The monoisotopic (exact) mass is 1010 g/mol. The average Bonchev–Trinajstić information content (AvgIpc) is 4.22. The van der Waals surface area contributed by atoms with Crippen molar-refractivity contribution in [2.75, 3.05) is 0 Å². The summed E-state index contributed by atoms with van der Waals surface area (Å²) in [5, 5.41) is 0.873. The molecule has 2 aromatic carbocycles. The molecule has 0 N–H and O–H groups in total. The number of carbonyl (C=O) groups is 6. The highest BCUT2D eigenvalue weighted by Gasteiger charge is 2.61. The second-order valence-electron chi connectivity index (χ2n) is 20.4. The standard InChI is InChI=1S/C55H48N2O9S4/c58-44-33-19-29-15-7-8-16-30(29)20-34(33)45(59)42(44)56-39-23-37-49(69-39)41-51(67-37)52-48(66-55(41,53(62)64-25-27-11-3-1-4-12-27)54(63)65-26-28-13-5-2-6-14-28)50-38(68-52)24-40(70-50)57-43-46(60)35-21-31-17-9-10-18-32(31)22-36(35)47(43)61/h1-6,11-14,23-24,29-36H,7-10,15-22,25-26H2. The molecule has 0 spiro atoms. The van der Waals surface area contributed by atoms with Gasteiger partial charge in [-0.2, -0.15) is 0 Å². The van der Waals surface area contributed by atoms with E-state index in [2.05, 4.69) is 0 Å². The molecule has 15 heteroatoms. The fourth-order valence-corrected chi connectivity index (χ4v) is 18.2. The molecule has 8 atom stereocenters. The molecule has 7 aliphatic rings. The highest BCUT2D eigenvalue weighted by Crippen LogP contribution is 2.62. The van der Waals surface area contributed by atoms with Crippen molar-refractivity contribution in [1.29, 1.82) is 0 Å². The maximum Gasteiger partial charge on any atom is 0.367 e. The number of hydrogen-bond acceptors (Lipinski definition) is 15. The van der Waals surface area contributed by atoms with E-state index in [1.807, 2.05) is 72.8 Å². The topological polar surface area (TPSA) is 155 Å². The number of ether oxygens (including phenoxy) is 3. The summed E-state index contributed by atoms with van der Waals surface area (Å²) in [6.07, 6.45) is 12.0. The minimum absolute atomic E-state index is 0.0126. The maximum absolute atomic E-state index is 15.2. The molecule has 0 radical (unpaired) electrons. The van der Waals surface area contributed by atoms with Crippen LogP contribution < -0.4 is 4.74 Å². The van der Waals surface area contributed by atoms with Gasteiger partial charge in [0.2, 0.25) is 0 Å². The fourth-order valence-electron chi connectivity index (χ4n) is 13.1. The van der Waals surface area contributed by atoms with Crippen LogP contribution in [0.1, 0.15) is 93.7 Å². The van der Waals surface area contributed by atoms with E-state index in [9.17, 15) is 19.2 Å². The van der Waals surface area contributed by atoms with Gasteiger partial charge in [0.25, 0.3) is 0 Å². The van der Waals surface area contributed by atoms with E-state index in [-0.39, 0.29) is 82.8 Å². The highest BCUT2D eigenvalue weighted by molar-refractivity contribution is 7.36. The zero-order chi connectivity index (χ0) is 47.4. The van der Waals surface area contributed by atoms with Crippen molar-refractivity contribution >= 4 is 121 Å². The zero-order valence-electron chi connectivity index (χ0n) is 38.1. The Morgan fingerprint density at radius 1 is 0.543 bits per heavy atom. The molecule has 0 bridgehead atoms. The summed E-state index contributed by atoms with van der Waals surface area (Å²) in [4.78, 5) is 97.2. The van der Waals surface area contributed by atoms with Gasteiger partial charge >= 0.3 is 17.5 Å². The van der Waals surface area contributed by atoms with E-state index in [0.717, 1.165) is 68.9 Å². The van der Waals surface area contributed by atoms with Gasteiger partial charge in [0.1, 0.15) is 23.2 Å². The first kappa shape index (κ1) is 44.5. The molecule has 4 aromatic heterocycles. The zero-order valence-corrected chi connectivity index (χ0v) is 41.4. The number of aliphatic imine (C=N–C) groups is 2. The van der Waals surface area contributed by atoms with Crippen LogP contribution in [0.2, 0.25) is 0 Å². The minimum Gasteiger partial charge on any atom is -0.457 e. The molecule has 11 nitrogen and oxygen atoms in total. The fraction of sp³-hybridized carbons (Fsp3) is 0.418. The van der Waals surface area contributed by atoms with E-state index >= 15 is 9.59 Å². The summed E-state index contributed by atoms with van der Waals surface area (Å²) in [5.41, 5.74) is -0.817. The Bertz CT molecular complexity index is 3130. The Morgan fingerprint density at radius 3 is 1.39 bits per heavy atom. The first-order valence-electron chi connectivity index (χ1n) is 24.7. The number of hydrogen-bond donors (Lipinski definition) is 0. The molecule has 0 amide bonds. The van der Waals surface area contributed by atoms with Crippen molar-refractivity contribution in [2.45, 2.75) is 95.9 Å². The van der Waals surface area contributed by atoms with Gasteiger partial charge in [0.15, 0.2) is 40.3 Å². The summed E-state index contributed by atoms with van der Waals surface area (Å²) in [6, 6.07) is 22.0.